The summed E-state index contributed by atoms with van der Waals surface area (Å²) in [6.45, 7) is 4.59. The fourth-order valence-electron chi connectivity index (χ4n) is 2.63. The molecule has 2 atom stereocenters. The van der Waals surface area contributed by atoms with Crippen LogP contribution in [0, 0.1) is 0 Å². The number of benzene rings is 1. The van der Waals surface area contributed by atoms with Gasteiger partial charge in [0.1, 0.15) is 0 Å². The molecule has 0 aromatic heterocycles. The molecule has 1 aliphatic heterocycles. The summed E-state index contributed by atoms with van der Waals surface area (Å²) < 4.78 is 0. The molecular formula is C16H27ClN2S. The number of thioether (sulfide) groups is 1. The van der Waals surface area contributed by atoms with Gasteiger partial charge in [-0.25, -0.2) is 0 Å². The van der Waals surface area contributed by atoms with Crippen molar-refractivity contribution in [2.24, 2.45) is 5.73 Å². The molecule has 2 nitrogen and oxygen atoms in total. The molecule has 4 heteroatoms. The molecule has 20 heavy (non-hydrogen) atoms. The van der Waals surface area contributed by atoms with E-state index in [-0.39, 0.29) is 18.4 Å². The average molecular weight is 315 g/mol. The Labute approximate surface area is 133 Å². The number of halogens is 1. The molecule has 0 saturated carbocycles. The van der Waals surface area contributed by atoms with Gasteiger partial charge in [0.25, 0.3) is 0 Å². The van der Waals surface area contributed by atoms with E-state index in [1.165, 1.54) is 43.7 Å². The summed E-state index contributed by atoms with van der Waals surface area (Å²) >= 11 is 1.98. The Morgan fingerprint density at radius 3 is 2.25 bits per heavy atom. The highest BCUT2D eigenvalue weighted by molar-refractivity contribution is 7.99. The van der Waals surface area contributed by atoms with E-state index in [9.17, 15) is 0 Å². The van der Waals surface area contributed by atoms with Crippen LogP contribution in [0.25, 0.3) is 0 Å². The summed E-state index contributed by atoms with van der Waals surface area (Å²) in [4.78, 5) is 4.01. The maximum Gasteiger partial charge on any atom is 0.0619 e. The van der Waals surface area contributed by atoms with E-state index < -0.39 is 0 Å². The third-order valence-corrected chi connectivity index (χ3v) is 4.94. The van der Waals surface area contributed by atoms with Crippen molar-refractivity contribution in [1.29, 1.82) is 0 Å². The number of nitrogens with two attached hydrogens (primary N) is 1. The van der Waals surface area contributed by atoms with Crippen LogP contribution in [-0.2, 0) is 0 Å². The van der Waals surface area contributed by atoms with Crippen LogP contribution in [0.3, 0.4) is 0 Å². The Morgan fingerprint density at radius 1 is 1.10 bits per heavy atom. The molecule has 2 rings (SSSR count). The molecule has 114 valence electrons. The third-order valence-electron chi connectivity index (χ3n) is 3.64. The highest BCUT2D eigenvalue weighted by atomic mass is 35.5. The number of rotatable bonds is 5. The number of hydrogen-bond donors (Lipinski definition) is 1. The maximum atomic E-state index is 6.05. The van der Waals surface area contributed by atoms with Crippen molar-refractivity contribution in [3.8, 4) is 0 Å². The van der Waals surface area contributed by atoms with Gasteiger partial charge in [0, 0.05) is 10.9 Å². The van der Waals surface area contributed by atoms with Gasteiger partial charge in [0.15, 0.2) is 0 Å². The topological polar surface area (TPSA) is 29.3 Å². The minimum atomic E-state index is 0. The zero-order valence-corrected chi connectivity index (χ0v) is 14.0. The molecule has 1 aromatic rings. The molecule has 0 spiro atoms. The minimum Gasteiger partial charge on any atom is -0.328 e. The van der Waals surface area contributed by atoms with Crippen LogP contribution in [0.15, 0.2) is 35.2 Å². The summed E-state index contributed by atoms with van der Waals surface area (Å²) in [7, 11) is 0. The predicted octanol–water partition coefficient (Wildman–Crippen LogP) is 4.14. The first-order valence-corrected chi connectivity index (χ1v) is 8.35. The SMILES string of the molecule is CC(N)CC(Sc1ccccc1)N1CCCCCC1.Cl. The summed E-state index contributed by atoms with van der Waals surface area (Å²) in [6.07, 6.45) is 6.52. The van der Waals surface area contributed by atoms with Crippen LogP contribution in [0.5, 0.6) is 0 Å². The van der Waals surface area contributed by atoms with Gasteiger partial charge in [-0.1, -0.05) is 31.0 Å². The van der Waals surface area contributed by atoms with Crippen molar-refractivity contribution in [2.75, 3.05) is 13.1 Å². The second kappa shape index (κ2) is 9.67. The standard InChI is InChI=1S/C16H26N2S.ClH/c1-14(17)13-16(18-11-7-2-3-8-12-18)19-15-9-5-4-6-10-15;/h4-6,9-10,14,16H,2-3,7-8,11-13,17H2,1H3;1H. The van der Waals surface area contributed by atoms with Gasteiger partial charge in [-0.2, -0.15) is 0 Å². The first-order chi connectivity index (χ1) is 9.25. The molecule has 1 aliphatic rings. The van der Waals surface area contributed by atoms with E-state index in [2.05, 4.69) is 42.2 Å². The highest BCUT2D eigenvalue weighted by Crippen LogP contribution is 2.30. The van der Waals surface area contributed by atoms with E-state index >= 15 is 0 Å². The van der Waals surface area contributed by atoms with Crippen LogP contribution >= 0.6 is 24.2 Å². The van der Waals surface area contributed by atoms with E-state index in [1.54, 1.807) is 0 Å². The highest BCUT2D eigenvalue weighted by Gasteiger charge is 2.21. The van der Waals surface area contributed by atoms with Gasteiger partial charge in [-0.3, -0.25) is 4.90 Å². The van der Waals surface area contributed by atoms with Crippen LogP contribution < -0.4 is 5.73 Å². The Balaban J connectivity index is 0.00000200. The molecule has 1 saturated heterocycles. The van der Waals surface area contributed by atoms with Crippen molar-refractivity contribution >= 4 is 24.2 Å². The van der Waals surface area contributed by atoms with Crippen LogP contribution in [0.1, 0.15) is 39.0 Å². The fourth-order valence-corrected chi connectivity index (χ4v) is 4.02. The van der Waals surface area contributed by atoms with Gasteiger partial charge < -0.3 is 5.73 Å². The number of nitrogens with zero attached hydrogens (tertiary/aromatic N) is 1. The number of likely N-dealkylation sites (tertiary alicyclic amines) is 1. The molecule has 0 radical (unpaired) electrons. The van der Waals surface area contributed by atoms with Gasteiger partial charge >= 0.3 is 0 Å². The van der Waals surface area contributed by atoms with E-state index in [1.807, 2.05) is 11.8 Å². The first-order valence-electron chi connectivity index (χ1n) is 7.47. The minimum absolute atomic E-state index is 0. The normalized spacial score (nSPS) is 19.7. The van der Waals surface area contributed by atoms with Crippen molar-refractivity contribution in [2.45, 2.75) is 55.3 Å². The third kappa shape index (κ3) is 6.04. The lowest BCUT2D eigenvalue weighted by Gasteiger charge is -2.31. The second-order valence-electron chi connectivity index (χ2n) is 5.55. The molecule has 1 heterocycles. The van der Waals surface area contributed by atoms with Crippen molar-refractivity contribution < 1.29 is 0 Å². The maximum absolute atomic E-state index is 6.05. The summed E-state index contributed by atoms with van der Waals surface area (Å²) in [5, 5.41) is 0.528. The van der Waals surface area contributed by atoms with Crippen molar-refractivity contribution in [3.05, 3.63) is 30.3 Å². The average Bonchev–Trinajstić information content (AvgIpc) is 2.67. The Bertz CT molecular complexity index is 351. The fraction of sp³-hybridized carbons (Fsp3) is 0.625. The molecule has 1 fully saturated rings. The Hall–Kier alpha value is -0.220. The Morgan fingerprint density at radius 2 is 1.70 bits per heavy atom. The van der Waals surface area contributed by atoms with Gasteiger partial charge in [-0.05, 0) is 51.4 Å². The quantitative estimate of drug-likeness (QED) is 0.828. The summed E-state index contributed by atoms with van der Waals surface area (Å²) in [6, 6.07) is 11.0. The molecule has 0 bridgehead atoms. The van der Waals surface area contributed by atoms with E-state index in [0.717, 1.165) is 6.42 Å². The number of hydrogen-bond acceptors (Lipinski definition) is 3. The van der Waals surface area contributed by atoms with E-state index in [4.69, 9.17) is 5.73 Å². The lowest BCUT2D eigenvalue weighted by Crippen LogP contribution is -2.37. The van der Waals surface area contributed by atoms with E-state index in [0.29, 0.717) is 5.37 Å². The van der Waals surface area contributed by atoms with Gasteiger partial charge in [-0.15, -0.1) is 24.2 Å². The summed E-state index contributed by atoms with van der Waals surface area (Å²) in [5.74, 6) is 0. The molecule has 0 amide bonds. The zero-order chi connectivity index (χ0) is 13.5. The lowest BCUT2D eigenvalue weighted by atomic mass is 10.2. The summed E-state index contributed by atoms with van der Waals surface area (Å²) in [5.41, 5.74) is 6.05. The first kappa shape index (κ1) is 17.8. The smallest absolute Gasteiger partial charge is 0.0619 e. The molecule has 2 unspecified atom stereocenters. The van der Waals surface area contributed by atoms with Gasteiger partial charge in [0.2, 0.25) is 0 Å². The predicted molar refractivity (Wildman–Crippen MR) is 91.6 cm³/mol. The van der Waals surface area contributed by atoms with Crippen LogP contribution in [-0.4, -0.2) is 29.4 Å². The van der Waals surface area contributed by atoms with Crippen molar-refractivity contribution in [1.82, 2.24) is 4.90 Å². The second-order valence-corrected chi connectivity index (χ2v) is 6.80. The monoisotopic (exact) mass is 314 g/mol. The molecule has 2 N–H and O–H groups in total. The zero-order valence-electron chi connectivity index (χ0n) is 12.3. The van der Waals surface area contributed by atoms with Crippen molar-refractivity contribution in [3.63, 3.8) is 0 Å². The lowest BCUT2D eigenvalue weighted by molar-refractivity contribution is 0.251. The van der Waals surface area contributed by atoms with Crippen LogP contribution in [0.4, 0.5) is 0 Å². The molecule has 1 aromatic carbocycles. The molecule has 0 aliphatic carbocycles. The van der Waals surface area contributed by atoms with Crippen LogP contribution in [0.2, 0.25) is 0 Å². The van der Waals surface area contributed by atoms with Gasteiger partial charge in [0.05, 0.1) is 5.37 Å². The largest absolute Gasteiger partial charge is 0.328 e. The molecular weight excluding hydrogens is 288 g/mol. The Kier molecular flexibility index (Phi) is 8.62.